The fraction of sp³-hybridized carbons (Fsp3) is 0.304. The Morgan fingerprint density at radius 3 is 2.71 bits per heavy atom. The van der Waals surface area contributed by atoms with E-state index >= 15 is 0 Å². The molecular weight excluding hydrogens is 418 g/mol. The van der Waals surface area contributed by atoms with Gasteiger partial charge < -0.3 is 19.8 Å². The monoisotopic (exact) mass is 441 g/mol. The van der Waals surface area contributed by atoms with Crippen molar-refractivity contribution in [3.05, 3.63) is 64.3 Å². The van der Waals surface area contributed by atoms with E-state index < -0.39 is 6.04 Å². The summed E-state index contributed by atoms with van der Waals surface area (Å²) in [5.74, 6) is 0.596. The number of nitrogens with zero attached hydrogens (tertiary/aromatic N) is 2. The lowest BCUT2D eigenvalue weighted by Gasteiger charge is -2.26. The molecule has 2 heterocycles. The second-order valence-corrected chi connectivity index (χ2v) is 7.85. The van der Waals surface area contributed by atoms with Gasteiger partial charge in [0.1, 0.15) is 22.9 Å². The van der Waals surface area contributed by atoms with Gasteiger partial charge in [-0.15, -0.1) is 0 Å². The van der Waals surface area contributed by atoms with Crippen LogP contribution >= 0.6 is 11.6 Å². The zero-order chi connectivity index (χ0) is 22.0. The number of aliphatic hydroxyl groups is 1. The minimum atomic E-state index is -0.415. The minimum Gasteiger partial charge on any atom is -0.507 e. The van der Waals surface area contributed by atoms with E-state index in [1.165, 1.54) is 6.07 Å². The van der Waals surface area contributed by atoms with Gasteiger partial charge in [-0.05, 0) is 48.7 Å². The molecule has 1 aromatic heterocycles. The molecule has 0 fully saturated rings. The second kappa shape index (κ2) is 8.99. The third-order valence-electron chi connectivity index (χ3n) is 5.30. The molecule has 1 atom stereocenters. The lowest BCUT2D eigenvalue weighted by molar-refractivity contribution is 0.0732. The van der Waals surface area contributed by atoms with Crippen molar-refractivity contribution in [2.24, 2.45) is 0 Å². The number of hydrogen-bond donors (Lipinski definition) is 3. The highest BCUT2D eigenvalue weighted by atomic mass is 35.5. The molecule has 1 amide bonds. The highest BCUT2D eigenvalue weighted by Gasteiger charge is 2.42. The largest absolute Gasteiger partial charge is 0.507 e. The first-order valence-corrected chi connectivity index (χ1v) is 10.6. The molecular formula is C23H24ClN3O4. The zero-order valence-electron chi connectivity index (χ0n) is 17.1. The van der Waals surface area contributed by atoms with Crippen LogP contribution in [0.4, 0.5) is 0 Å². The summed E-state index contributed by atoms with van der Waals surface area (Å²) in [4.78, 5) is 14.9. The molecule has 0 saturated carbocycles. The average molecular weight is 442 g/mol. The summed E-state index contributed by atoms with van der Waals surface area (Å²) < 4.78 is 5.68. The number of nitrogens with one attached hydrogen (secondary N) is 1. The third kappa shape index (κ3) is 3.98. The van der Waals surface area contributed by atoms with Gasteiger partial charge in [-0.25, -0.2) is 0 Å². The predicted molar refractivity (Wildman–Crippen MR) is 118 cm³/mol. The third-order valence-corrected chi connectivity index (χ3v) is 5.54. The van der Waals surface area contributed by atoms with Crippen LogP contribution < -0.4 is 4.74 Å². The van der Waals surface area contributed by atoms with Crippen LogP contribution in [-0.4, -0.2) is 51.0 Å². The molecule has 1 unspecified atom stereocenters. The first-order chi connectivity index (χ1) is 15.0. The SMILES string of the molecule is CCCOc1ccc(C2c3c(-c4cc(Cl)ccc4O)n[nH]c3C(=O)N2CCCO)cc1. The standard InChI is InChI=1S/C23H24ClN3O4/c1-2-12-31-16-7-4-14(5-8-16)22-19-20(17-13-15(24)6-9-18(17)29)25-26-21(19)23(30)27(22)10-3-11-28/h4-9,13,22,28-29H,2-3,10-12H2,1H3,(H,25,26). The van der Waals surface area contributed by atoms with Gasteiger partial charge in [-0.3, -0.25) is 9.89 Å². The summed E-state index contributed by atoms with van der Waals surface area (Å²) in [7, 11) is 0. The number of aromatic amines is 1. The van der Waals surface area contributed by atoms with Gasteiger partial charge in [0.05, 0.1) is 12.6 Å². The number of rotatable bonds is 8. The van der Waals surface area contributed by atoms with E-state index in [0.717, 1.165) is 17.7 Å². The summed E-state index contributed by atoms with van der Waals surface area (Å²) in [6.45, 7) is 3.05. The molecule has 8 heteroatoms. The highest BCUT2D eigenvalue weighted by Crippen LogP contribution is 2.45. The van der Waals surface area contributed by atoms with Crippen molar-refractivity contribution >= 4 is 17.5 Å². The number of carbonyl (C=O) groups is 1. The van der Waals surface area contributed by atoms with E-state index in [9.17, 15) is 15.0 Å². The Morgan fingerprint density at radius 2 is 2.00 bits per heavy atom. The Balaban J connectivity index is 1.80. The molecule has 0 radical (unpaired) electrons. The number of ether oxygens (including phenoxy) is 1. The van der Waals surface area contributed by atoms with Crippen molar-refractivity contribution in [3.8, 4) is 22.8 Å². The Hall–Kier alpha value is -3.03. The molecule has 162 valence electrons. The number of aliphatic hydroxyl groups excluding tert-OH is 1. The molecule has 3 aromatic rings. The van der Waals surface area contributed by atoms with Gasteiger partial charge in [0.25, 0.3) is 5.91 Å². The number of carbonyl (C=O) groups excluding carboxylic acids is 1. The average Bonchev–Trinajstić information content (AvgIpc) is 3.32. The molecule has 0 saturated heterocycles. The van der Waals surface area contributed by atoms with Crippen LogP contribution in [0.3, 0.4) is 0 Å². The number of halogens is 1. The molecule has 1 aliphatic rings. The van der Waals surface area contributed by atoms with Crippen LogP contribution in [0.1, 0.15) is 47.4 Å². The van der Waals surface area contributed by atoms with E-state index in [-0.39, 0.29) is 18.3 Å². The van der Waals surface area contributed by atoms with E-state index in [0.29, 0.717) is 47.1 Å². The van der Waals surface area contributed by atoms with Crippen molar-refractivity contribution in [2.45, 2.75) is 25.8 Å². The van der Waals surface area contributed by atoms with Crippen molar-refractivity contribution in [2.75, 3.05) is 19.8 Å². The number of aromatic hydroxyl groups is 1. The minimum absolute atomic E-state index is 0.0194. The summed E-state index contributed by atoms with van der Waals surface area (Å²) in [6, 6.07) is 11.9. The van der Waals surface area contributed by atoms with Crippen molar-refractivity contribution in [3.63, 3.8) is 0 Å². The molecule has 0 spiro atoms. The Bertz CT molecular complexity index is 1080. The number of amides is 1. The number of aromatic nitrogens is 2. The number of benzene rings is 2. The van der Waals surface area contributed by atoms with Crippen LogP contribution in [-0.2, 0) is 0 Å². The van der Waals surface area contributed by atoms with Gasteiger partial charge in [-0.2, -0.15) is 5.10 Å². The number of phenols is 1. The molecule has 7 nitrogen and oxygen atoms in total. The van der Waals surface area contributed by atoms with E-state index in [1.807, 2.05) is 31.2 Å². The Labute approximate surface area is 185 Å². The first-order valence-electron chi connectivity index (χ1n) is 10.3. The molecule has 0 bridgehead atoms. The van der Waals surface area contributed by atoms with Gasteiger partial charge in [0.2, 0.25) is 0 Å². The lowest BCUT2D eigenvalue weighted by atomic mass is 9.95. The highest BCUT2D eigenvalue weighted by molar-refractivity contribution is 6.31. The summed E-state index contributed by atoms with van der Waals surface area (Å²) in [5.41, 5.74) is 2.88. The van der Waals surface area contributed by atoms with Gasteiger partial charge in [-0.1, -0.05) is 30.7 Å². The second-order valence-electron chi connectivity index (χ2n) is 7.42. The van der Waals surface area contributed by atoms with Gasteiger partial charge in [0, 0.05) is 29.3 Å². The molecule has 0 aliphatic carbocycles. The normalized spacial score (nSPS) is 15.4. The van der Waals surface area contributed by atoms with Crippen molar-refractivity contribution in [1.29, 1.82) is 0 Å². The van der Waals surface area contributed by atoms with E-state index in [1.54, 1.807) is 17.0 Å². The fourth-order valence-corrected chi connectivity index (χ4v) is 4.06. The smallest absolute Gasteiger partial charge is 0.273 e. The molecule has 1 aliphatic heterocycles. The maximum absolute atomic E-state index is 13.2. The van der Waals surface area contributed by atoms with Crippen LogP contribution in [0.15, 0.2) is 42.5 Å². The van der Waals surface area contributed by atoms with Crippen molar-refractivity contribution < 1.29 is 19.7 Å². The van der Waals surface area contributed by atoms with Gasteiger partial charge >= 0.3 is 0 Å². The number of fused-ring (bicyclic) bond motifs is 1. The quantitative estimate of drug-likeness (QED) is 0.487. The fourth-order valence-electron chi connectivity index (χ4n) is 3.88. The summed E-state index contributed by atoms with van der Waals surface area (Å²) >= 11 is 6.15. The van der Waals surface area contributed by atoms with Crippen LogP contribution in [0, 0.1) is 0 Å². The Kier molecular flexibility index (Phi) is 6.15. The van der Waals surface area contributed by atoms with Crippen molar-refractivity contribution in [1.82, 2.24) is 15.1 Å². The van der Waals surface area contributed by atoms with E-state index in [2.05, 4.69) is 10.2 Å². The zero-order valence-corrected chi connectivity index (χ0v) is 17.9. The van der Waals surface area contributed by atoms with Crippen LogP contribution in [0.25, 0.3) is 11.3 Å². The number of phenolic OH excluding ortho intramolecular Hbond substituents is 1. The first kappa shape index (κ1) is 21.2. The summed E-state index contributed by atoms with van der Waals surface area (Å²) in [5, 5.41) is 27.4. The number of hydrogen-bond acceptors (Lipinski definition) is 5. The van der Waals surface area contributed by atoms with E-state index in [4.69, 9.17) is 16.3 Å². The predicted octanol–water partition coefficient (Wildman–Crippen LogP) is 4.15. The lowest BCUT2D eigenvalue weighted by Crippen LogP contribution is -2.31. The maximum Gasteiger partial charge on any atom is 0.273 e. The Morgan fingerprint density at radius 1 is 1.23 bits per heavy atom. The molecule has 4 rings (SSSR count). The number of H-pyrrole nitrogens is 1. The molecule has 2 aromatic carbocycles. The molecule has 3 N–H and O–H groups in total. The topological polar surface area (TPSA) is 98.7 Å². The maximum atomic E-state index is 13.2. The van der Waals surface area contributed by atoms with Crippen LogP contribution in [0.2, 0.25) is 5.02 Å². The van der Waals surface area contributed by atoms with Crippen LogP contribution in [0.5, 0.6) is 11.5 Å². The summed E-state index contributed by atoms with van der Waals surface area (Å²) in [6.07, 6.45) is 1.37. The molecule has 31 heavy (non-hydrogen) atoms. The van der Waals surface area contributed by atoms with Gasteiger partial charge in [0.15, 0.2) is 0 Å².